The van der Waals surface area contributed by atoms with Crippen molar-refractivity contribution < 1.29 is 14.7 Å². The predicted molar refractivity (Wildman–Crippen MR) is 103 cm³/mol. The second-order valence-electron chi connectivity index (χ2n) is 8.47. The Balaban J connectivity index is 1.61. The van der Waals surface area contributed by atoms with Gasteiger partial charge in [0.1, 0.15) is 0 Å². The Morgan fingerprint density at radius 3 is 2.56 bits per heavy atom. The average Bonchev–Trinajstić information content (AvgIpc) is 3.38. The third-order valence-corrected chi connectivity index (χ3v) is 6.84. The number of hydrogen-bond acceptors (Lipinski definition) is 3. The van der Waals surface area contributed by atoms with Gasteiger partial charge in [-0.25, -0.2) is 0 Å². The van der Waals surface area contributed by atoms with E-state index >= 15 is 0 Å². The number of likely N-dealkylation sites (tertiary alicyclic amines) is 2. The number of carbonyl (C=O) groups excluding carboxylic acids is 2. The van der Waals surface area contributed by atoms with Gasteiger partial charge < -0.3 is 14.9 Å². The van der Waals surface area contributed by atoms with E-state index in [1.807, 2.05) is 11.0 Å². The molecule has 146 valence electrons. The van der Waals surface area contributed by atoms with Gasteiger partial charge in [0.15, 0.2) is 0 Å². The number of aliphatic hydroxyl groups is 1. The maximum absolute atomic E-state index is 13.3. The van der Waals surface area contributed by atoms with E-state index in [-0.39, 0.29) is 30.9 Å². The van der Waals surface area contributed by atoms with Crippen molar-refractivity contribution in [2.75, 3.05) is 26.2 Å². The van der Waals surface area contributed by atoms with Crippen molar-refractivity contribution in [3.05, 3.63) is 35.4 Å². The number of rotatable bonds is 4. The zero-order valence-corrected chi connectivity index (χ0v) is 16.1. The molecule has 0 spiro atoms. The Kier molecular flexibility index (Phi) is 5.22. The summed E-state index contributed by atoms with van der Waals surface area (Å²) in [5.74, 6) is 1.16. The zero-order valence-electron chi connectivity index (χ0n) is 16.1. The van der Waals surface area contributed by atoms with E-state index in [2.05, 4.69) is 30.0 Å². The van der Waals surface area contributed by atoms with Gasteiger partial charge in [0.25, 0.3) is 0 Å². The van der Waals surface area contributed by atoms with Crippen LogP contribution in [0.3, 0.4) is 0 Å². The molecule has 2 saturated heterocycles. The fraction of sp³-hybridized carbons (Fsp3) is 0.636. The van der Waals surface area contributed by atoms with E-state index < -0.39 is 0 Å². The third-order valence-electron chi connectivity index (χ3n) is 6.84. The summed E-state index contributed by atoms with van der Waals surface area (Å²) in [6, 6.07) is 8.42. The van der Waals surface area contributed by atoms with Crippen LogP contribution in [0.4, 0.5) is 0 Å². The Bertz CT molecular complexity index is 713. The van der Waals surface area contributed by atoms with Crippen LogP contribution in [0.25, 0.3) is 0 Å². The van der Waals surface area contributed by atoms with E-state index in [9.17, 15) is 9.59 Å². The highest BCUT2D eigenvalue weighted by Crippen LogP contribution is 2.47. The molecule has 1 aromatic rings. The van der Waals surface area contributed by atoms with Crippen LogP contribution in [-0.4, -0.2) is 53.0 Å². The molecule has 5 nitrogen and oxygen atoms in total. The molecule has 2 amide bonds. The summed E-state index contributed by atoms with van der Waals surface area (Å²) in [5, 5.41) is 9.10. The first kappa shape index (κ1) is 18.5. The SMILES string of the molecule is Cc1ccccc1[C@@H]1[C@H]2CN(C(=O)CCO)C[C@H]2CN1C(=O)C1CCCC1. The molecule has 0 radical (unpaired) electrons. The second-order valence-corrected chi connectivity index (χ2v) is 8.47. The number of amides is 2. The van der Waals surface area contributed by atoms with E-state index in [0.29, 0.717) is 30.8 Å². The van der Waals surface area contributed by atoms with Crippen LogP contribution >= 0.6 is 0 Å². The van der Waals surface area contributed by atoms with E-state index in [1.165, 1.54) is 11.1 Å². The van der Waals surface area contributed by atoms with Crippen LogP contribution in [0.5, 0.6) is 0 Å². The van der Waals surface area contributed by atoms with Gasteiger partial charge in [-0.05, 0) is 30.9 Å². The molecule has 2 heterocycles. The summed E-state index contributed by atoms with van der Waals surface area (Å²) in [7, 11) is 0. The monoisotopic (exact) mass is 370 g/mol. The molecule has 1 aromatic carbocycles. The minimum absolute atomic E-state index is 0.0316. The van der Waals surface area contributed by atoms with Crippen LogP contribution in [-0.2, 0) is 9.59 Å². The van der Waals surface area contributed by atoms with Gasteiger partial charge in [0, 0.05) is 43.8 Å². The number of aliphatic hydroxyl groups excluding tert-OH is 1. The van der Waals surface area contributed by atoms with Crippen LogP contribution in [0.15, 0.2) is 24.3 Å². The Morgan fingerprint density at radius 1 is 1.11 bits per heavy atom. The fourth-order valence-electron chi connectivity index (χ4n) is 5.45. The van der Waals surface area contributed by atoms with E-state index in [1.54, 1.807) is 0 Å². The average molecular weight is 370 g/mol. The maximum Gasteiger partial charge on any atom is 0.226 e. The first-order valence-electron chi connectivity index (χ1n) is 10.3. The lowest BCUT2D eigenvalue weighted by Crippen LogP contribution is -2.40. The van der Waals surface area contributed by atoms with Gasteiger partial charge in [0.2, 0.25) is 11.8 Å². The number of carbonyl (C=O) groups is 2. The standard InChI is InChI=1S/C22H30N2O3/c1-15-6-2-5-9-18(15)21-19-14-23(20(26)10-11-25)12-17(19)13-24(21)22(27)16-7-3-4-8-16/h2,5-6,9,16-17,19,21,25H,3-4,7-8,10-14H2,1H3/t17-,19-,21+/m0/s1. The molecule has 1 N–H and O–H groups in total. The van der Waals surface area contributed by atoms with Gasteiger partial charge in [-0.2, -0.15) is 0 Å². The summed E-state index contributed by atoms with van der Waals surface area (Å²) < 4.78 is 0. The van der Waals surface area contributed by atoms with Crippen LogP contribution in [0.1, 0.15) is 49.3 Å². The molecular weight excluding hydrogens is 340 g/mol. The van der Waals surface area contributed by atoms with Crippen molar-refractivity contribution in [3.8, 4) is 0 Å². The molecule has 3 atom stereocenters. The van der Waals surface area contributed by atoms with Crippen LogP contribution < -0.4 is 0 Å². The quantitative estimate of drug-likeness (QED) is 0.886. The minimum atomic E-state index is -0.0990. The van der Waals surface area contributed by atoms with Gasteiger partial charge >= 0.3 is 0 Å². The lowest BCUT2D eigenvalue weighted by atomic mass is 9.87. The number of fused-ring (bicyclic) bond motifs is 1. The summed E-state index contributed by atoms with van der Waals surface area (Å²) in [6.45, 7) is 4.17. The highest BCUT2D eigenvalue weighted by Gasteiger charge is 2.51. The number of hydrogen-bond donors (Lipinski definition) is 1. The molecule has 0 aromatic heterocycles. The predicted octanol–water partition coefficient (Wildman–Crippen LogP) is 2.53. The summed E-state index contributed by atoms with van der Waals surface area (Å²) in [5.41, 5.74) is 2.44. The first-order chi connectivity index (χ1) is 13.1. The number of aryl methyl sites for hydroxylation is 1. The topological polar surface area (TPSA) is 60.9 Å². The van der Waals surface area contributed by atoms with Gasteiger partial charge in [-0.3, -0.25) is 9.59 Å². The molecule has 3 fully saturated rings. The highest BCUT2D eigenvalue weighted by atomic mass is 16.3. The number of nitrogens with zero attached hydrogens (tertiary/aromatic N) is 2. The highest BCUT2D eigenvalue weighted by molar-refractivity contribution is 5.80. The molecule has 4 rings (SSSR count). The van der Waals surface area contributed by atoms with Gasteiger partial charge in [-0.1, -0.05) is 37.1 Å². The molecular formula is C22H30N2O3. The van der Waals surface area contributed by atoms with Crippen LogP contribution in [0.2, 0.25) is 0 Å². The van der Waals surface area contributed by atoms with Gasteiger partial charge in [0.05, 0.1) is 12.6 Å². The summed E-state index contributed by atoms with van der Waals surface area (Å²) >= 11 is 0. The minimum Gasteiger partial charge on any atom is -0.396 e. The lowest BCUT2D eigenvalue weighted by molar-refractivity contribution is -0.137. The Hall–Kier alpha value is -1.88. The zero-order chi connectivity index (χ0) is 19.0. The second kappa shape index (κ2) is 7.63. The van der Waals surface area contributed by atoms with E-state index in [0.717, 1.165) is 32.2 Å². The van der Waals surface area contributed by atoms with Crippen molar-refractivity contribution in [1.29, 1.82) is 0 Å². The summed E-state index contributed by atoms with van der Waals surface area (Å²) in [4.78, 5) is 29.6. The van der Waals surface area contributed by atoms with E-state index in [4.69, 9.17) is 5.11 Å². The third kappa shape index (κ3) is 3.38. The van der Waals surface area contributed by atoms with Gasteiger partial charge in [-0.15, -0.1) is 0 Å². The van der Waals surface area contributed by atoms with Crippen molar-refractivity contribution >= 4 is 11.8 Å². The van der Waals surface area contributed by atoms with Crippen molar-refractivity contribution in [2.45, 2.75) is 45.1 Å². The first-order valence-corrected chi connectivity index (χ1v) is 10.3. The van der Waals surface area contributed by atoms with Crippen molar-refractivity contribution in [1.82, 2.24) is 9.80 Å². The van der Waals surface area contributed by atoms with Crippen LogP contribution in [0, 0.1) is 24.7 Å². The molecule has 0 unspecified atom stereocenters. The maximum atomic E-state index is 13.3. The molecule has 1 saturated carbocycles. The normalized spacial score (nSPS) is 28.0. The molecule has 27 heavy (non-hydrogen) atoms. The molecule has 3 aliphatic rings. The lowest BCUT2D eigenvalue weighted by Gasteiger charge is -2.32. The van der Waals surface area contributed by atoms with Crippen molar-refractivity contribution in [2.24, 2.45) is 17.8 Å². The Labute approximate surface area is 161 Å². The summed E-state index contributed by atoms with van der Waals surface area (Å²) in [6.07, 6.45) is 4.56. The molecule has 1 aliphatic carbocycles. The smallest absolute Gasteiger partial charge is 0.226 e. The molecule has 5 heteroatoms. The Morgan fingerprint density at radius 2 is 1.85 bits per heavy atom. The fourth-order valence-corrected chi connectivity index (χ4v) is 5.45. The largest absolute Gasteiger partial charge is 0.396 e. The number of benzene rings is 1. The van der Waals surface area contributed by atoms with Crippen molar-refractivity contribution in [3.63, 3.8) is 0 Å². The molecule has 0 bridgehead atoms. The molecule has 2 aliphatic heterocycles.